The lowest BCUT2D eigenvalue weighted by molar-refractivity contribution is -0.0500. The summed E-state index contributed by atoms with van der Waals surface area (Å²) in [6.07, 6.45) is -1.68. The number of rotatable bonds is 4. The highest BCUT2D eigenvalue weighted by molar-refractivity contribution is 6.43. The second-order valence-electron chi connectivity index (χ2n) is 6.93. The first-order chi connectivity index (χ1) is 13.0. The maximum Gasteiger partial charge on any atom is 0.164 e. The summed E-state index contributed by atoms with van der Waals surface area (Å²) in [7, 11) is 0. The van der Waals surface area contributed by atoms with Crippen molar-refractivity contribution in [1.82, 2.24) is 4.57 Å². The molecule has 0 aliphatic carbocycles. The molecule has 1 aromatic carbocycles. The Kier molecular flexibility index (Phi) is 5.09. The van der Waals surface area contributed by atoms with Crippen LogP contribution in [0.15, 0.2) is 12.1 Å². The zero-order valence-corrected chi connectivity index (χ0v) is 15.9. The molecule has 2 aliphatic heterocycles. The topological polar surface area (TPSA) is 95.2 Å². The van der Waals surface area contributed by atoms with Crippen LogP contribution in [-0.4, -0.2) is 64.2 Å². The molecule has 0 radical (unpaired) electrons. The van der Waals surface area contributed by atoms with Crippen LogP contribution in [0.5, 0.6) is 0 Å². The highest BCUT2D eigenvalue weighted by atomic mass is 35.5. The van der Waals surface area contributed by atoms with E-state index in [1.165, 1.54) is 0 Å². The number of aromatic nitrogens is 1. The van der Waals surface area contributed by atoms with Gasteiger partial charge in [0.1, 0.15) is 24.1 Å². The Hall–Kier alpha value is -1.35. The number of nitrogens with zero attached hydrogens (tertiary/aromatic N) is 2. The van der Waals surface area contributed by atoms with Crippen molar-refractivity contribution in [3.63, 3.8) is 0 Å². The molecule has 3 N–H and O–H groups in total. The molecule has 7 nitrogen and oxygen atoms in total. The third-order valence-electron chi connectivity index (χ3n) is 5.35. The number of anilines is 1. The molecule has 0 unspecified atom stereocenters. The molecular weight excluding hydrogens is 395 g/mol. The first kappa shape index (κ1) is 19.0. The fourth-order valence-electron chi connectivity index (χ4n) is 4.03. The van der Waals surface area contributed by atoms with E-state index in [0.717, 1.165) is 32.2 Å². The Morgan fingerprint density at radius 2 is 1.81 bits per heavy atom. The van der Waals surface area contributed by atoms with Crippen LogP contribution in [0.25, 0.3) is 10.9 Å². The minimum Gasteiger partial charge on any atom is -0.394 e. The molecule has 0 spiro atoms. The lowest BCUT2D eigenvalue weighted by Crippen LogP contribution is -2.33. The van der Waals surface area contributed by atoms with Crippen LogP contribution in [0.2, 0.25) is 10.0 Å². The van der Waals surface area contributed by atoms with E-state index >= 15 is 0 Å². The molecule has 0 saturated carbocycles. The van der Waals surface area contributed by atoms with Crippen LogP contribution >= 0.6 is 23.2 Å². The van der Waals surface area contributed by atoms with E-state index in [-0.39, 0.29) is 0 Å². The second-order valence-corrected chi connectivity index (χ2v) is 7.75. The average Bonchev–Trinajstić information content (AvgIpc) is 3.34. The SMILES string of the molecule is O=Cc1c(N2CCCC2)n([C@@H]2O[C@H](CO)[C@@H](O)[C@H]2O)c2cc(Cl)c(Cl)cc12. The van der Waals surface area contributed by atoms with Crippen LogP contribution in [-0.2, 0) is 4.74 Å². The van der Waals surface area contributed by atoms with Crippen molar-refractivity contribution >= 4 is 46.2 Å². The van der Waals surface area contributed by atoms with E-state index in [0.29, 0.717) is 32.3 Å². The number of fused-ring (bicyclic) bond motifs is 1. The van der Waals surface area contributed by atoms with Crippen LogP contribution in [0, 0.1) is 0 Å². The van der Waals surface area contributed by atoms with Crippen molar-refractivity contribution in [2.45, 2.75) is 37.4 Å². The molecule has 0 bridgehead atoms. The fourth-order valence-corrected chi connectivity index (χ4v) is 4.36. The van der Waals surface area contributed by atoms with Gasteiger partial charge in [0.15, 0.2) is 12.5 Å². The summed E-state index contributed by atoms with van der Waals surface area (Å²) in [6, 6.07) is 3.25. The highest BCUT2D eigenvalue weighted by Crippen LogP contribution is 2.43. The Bertz CT molecular complexity index is 880. The molecule has 4 atom stereocenters. The first-order valence-corrected chi connectivity index (χ1v) is 9.59. The summed E-state index contributed by atoms with van der Waals surface area (Å²) in [4.78, 5) is 14.0. The van der Waals surface area contributed by atoms with Crippen molar-refractivity contribution < 1.29 is 24.9 Å². The number of aldehydes is 1. The summed E-state index contributed by atoms with van der Waals surface area (Å²) in [5.74, 6) is 0.602. The third-order valence-corrected chi connectivity index (χ3v) is 6.07. The predicted molar refractivity (Wildman–Crippen MR) is 102 cm³/mol. The summed E-state index contributed by atoms with van der Waals surface area (Å²) in [6.45, 7) is 1.08. The molecule has 27 heavy (non-hydrogen) atoms. The van der Waals surface area contributed by atoms with Crippen LogP contribution in [0.1, 0.15) is 29.4 Å². The Balaban J connectivity index is 1.98. The Morgan fingerprint density at radius 1 is 1.15 bits per heavy atom. The normalized spacial score (nSPS) is 28.4. The maximum atomic E-state index is 12.0. The lowest BCUT2D eigenvalue weighted by Gasteiger charge is -2.26. The van der Waals surface area contributed by atoms with Gasteiger partial charge in [-0.1, -0.05) is 23.2 Å². The number of carbonyl (C=O) groups is 1. The molecule has 2 aliphatic rings. The van der Waals surface area contributed by atoms with Gasteiger partial charge in [0.2, 0.25) is 0 Å². The average molecular weight is 415 g/mol. The smallest absolute Gasteiger partial charge is 0.164 e. The van der Waals surface area contributed by atoms with E-state index in [4.69, 9.17) is 27.9 Å². The minimum atomic E-state index is -1.27. The predicted octanol–water partition coefficient (Wildman–Crippen LogP) is 1.97. The van der Waals surface area contributed by atoms with Gasteiger partial charge in [0, 0.05) is 18.5 Å². The Morgan fingerprint density at radius 3 is 2.41 bits per heavy atom. The molecule has 2 aromatic rings. The van der Waals surface area contributed by atoms with Gasteiger partial charge in [-0.2, -0.15) is 0 Å². The van der Waals surface area contributed by atoms with E-state index in [2.05, 4.69) is 4.90 Å². The van der Waals surface area contributed by atoms with E-state index in [9.17, 15) is 20.1 Å². The summed E-state index contributed by atoms with van der Waals surface area (Å²) in [5.41, 5.74) is 1.01. The standard InChI is InChI=1S/C18H20Cl2N2O5/c19-11-5-9-10(7-23)17(21-3-1-2-4-21)22(13(9)6-12(11)20)18-16(26)15(25)14(8-24)27-18/h5-7,14-16,18,24-26H,1-4,8H2/t14-,15-,16-,18-/m1/s1. The second kappa shape index (κ2) is 7.24. The summed E-state index contributed by atoms with van der Waals surface area (Å²) in [5, 5.41) is 31.4. The monoisotopic (exact) mass is 414 g/mol. The molecule has 3 heterocycles. The van der Waals surface area contributed by atoms with E-state index in [1.807, 2.05) is 0 Å². The molecule has 1 aromatic heterocycles. The number of aliphatic hydroxyl groups is 3. The van der Waals surface area contributed by atoms with Gasteiger partial charge >= 0.3 is 0 Å². The number of hydrogen-bond acceptors (Lipinski definition) is 6. The molecule has 9 heteroatoms. The quantitative estimate of drug-likeness (QED) is 0.662. The third kappa shape index (κ3) is 2.93. The van der Waals surface area contributed by atoms with Gasteiger partial charge in [0.25, 0.3) is 0 Å². The molecular formula is C18H20Cl2N2O5. The number of carbonyl (C=O) groups excluding carboxylic acids is 1. The van der Waals surface area contributed by atoms with Gasteiger partial charge in [-0.15, -0.1) is 0 Å². The van der Waals surface area contributed by atoms with E-state index in [1.54, 1.807) is 16.7 Å². The van der Waals surface area contributed by atoms with Crippen molar-refractivity contribution in [3.8, 4) is 0 Å². The molecule has 2 saturated heterocycles. The molecule has 146 valence electrons. The number of ether oxygens (including phenoxy) is 1. The fraction of sp³-hybridized carbons (Fsp3) is 0.500. The van der Waals surface area contributed by atoms with Crippen molar-refractivity contribution in [1.29, 1.82) is 0 Å². The lowest BCUT2D eigenvalue weighted by atomic mass is 10.1. The van der Waals surface area contributed by atoms with Gasteiger partial charge in [0.05, 0.1) is 27.7 Å². The van der Waals surface area contributed by atoms with Crippen molar-refractivity contribution in [3.05, 3.63) is 27.7 Å². The van der Waals surface area contributed by atoms with Gasteiger partial charge in [-0.3, -0.25) is 9.36 Å². The van der Waals surface area contributed by atoms with Crippen LogP contribution < -0.4 is 4.90 Å². The van der Waals surface area contributed by atoms with Gasteiger partial charge in [-0.05, 0) is 25.0 Å². The van der Waals surface area contributed by atoms with Gasteiger partial charge < -0.3 is 25.0 Å². The van der Waals surface area contributed by atoms with Crippen LogP contribution in [0.4, 0.5) is 5.82 Å². The zero-order chi connectivity index (χ0) is 19.3. The number of halogens is 2. The number of aliphatic hydroxyl groups excluding tert-OH is 3. The zero-order valence-electron chi connectivity index (χ0n) is 14.4. The maximum absolute atomic E-state index is 12.0. The molecule has 0 amide bonds. The largest absolute Gasteiger partial charge is 0.394 e. The van der Waals surface area contributed by atoms with Crippen molar-refractivity contribution in [2.75, 3.05) is 24.6 Å². The van der Waals surface area contributed by atoms with E-state index < -0.39 is 31.1 Å². The summed E-state index contributed by atoms with van der Waals surface area (Å²) >= 11 is 12.4. The highest BCUT2D eigenvalue weighted by Gasteiger charge is 2.45. The molecule has 2 fully saturated rings. The minimum absolute atomic E-state index is 0.306. The molecule has 4 rings (SSSR count). The number of hydrogen-bond donors (Lipinski definition) is 3. The van der Waals surface area contributed by atoms with Crippen molar-refractivity contribution in [2.24, 2.45) is 0 Å². The first-order valence-electron chi connectivity index (χ1n) is 8.83. The Labute approximate surface area is 165 Å². The van der Waals surface area contributed by atoms with Gasteiger partial charge in [-0.25, -0.2) is 0 Å². The number of benzene rings is 1. The van der Waals surface area contributed by atoms with Crippen LogP contribution in [0.3, 0.4) is 0 Å². The summed E-state index contributed by atoms with van der Waals surface area (Å²) < 4.78 is 7.44.